The van der Waals surface area contributed by atoms with Crippen molar-refractivity contribution in [1.29, 1.82) is 0 Å². The van der Waals surface area contributed by atoms with E-state index in [1.807, 2.05) is 37.4 Å². The first-order valence-electron chi connectivity index (χ1n) is 6.64. The van der Waals surface area contributed by atoms with Gasteiger partial charge in [-0.2, -0.15) is 0 Å². The van der Waals surface area contributed by atoms with Gasteiger partial charge < -0.3 is 4.90 Å². The summed E-state index contributed by atoms with van der Waals surface area (Å²) in [5.41, 5.74) is 2.01. The van der Waals surface area contributed by atoms with Crippen molar-refractivity contribution in [3.8, 4) is 0 Å². The monoisotopic (exact) mass is 271 g/mol. The van der Waals surface area contributed by atoms with Gasteiger partial charge in [0.15, 0.2) is 5.78 Å². The van der Waals surface area contributed by atoms with E-state index in [-0.39, 0.29) is 11.6 Å². The van der Waals surface area contributed by atoms with Crippen LogP contribution in [0.15, 0.2) is 48.5 Å². The molecule has 2 aromatic carbocycles. The van der Waals surface area contributed by atoms with Crippen LogP contribution >= 0.6 is 0 Å². The molecule has 0 fully saturated rings. The molecule has 104 valence electrons. The maximum Gasteiger partial charge on any atom is 0.161 e. The second-order valence-electron chi connectivity index (χ2n) is 4.85. The Morgan fingerprint density at radius 1 is 1.10 bits per heavy atom. The Kier molecular flexibility index (Phi) is 4.51. The molecule has 3 heteroatoms. The van der Waals surface area contributed by atoms with Gasteiger partial charge in [-0.25, -0.2) is 4.39 Å². The molecule has 0 aliphatic rings. The lowest BCUT2D eigenvalue weighted by Gasteiger charge is -2.22. The summed E-state index contributed by atoms with van der Waals surface area (Å²) in [5, 5.41) is 0. The van der Waals surface area contributed by atoms with Gasteiger partial charge in [0.1, 0.15) is 5.82 Å². The second kappa shape index (κ2) is 6.33. The summed E-state index contributed by atoms with van der Waals surface area (Å²) in [5.74, 6) is -0.473. The SMILES string of the molecule is CC(=O)c1cccc(F)c1N(C)CCc1ccccc1. The Hall–Kier alpha value is -2.16. The van der Waals surface area contributed by atoms with E-state index in [1.54, 1.807) is 17.0 Å². The van der Waals surface area contributed by atoms with Crippen LogP contribution in [-0.4, -0.2) is 19.4 Å². The van der Waals surface area contributed by atoms with Crippen LogP contribution in [0.3, 0.4) is 0 Å². The zero-order valence-corrected chi connectivity index (χ0v) is 11.8. The van der Waals surface area contributed by atoms with Crippen molar-refractivity contribution in [1.82, 2.24) is 0 Å². The van der Waals surface area contributed by atoms with Gasteiger partial charge in [-0.15, -0.1) is 0 Å². The molecule has 20 heavy (non-hydrogen) atoms. The molecule has 0 aliphatic heterocycles. The van der Waals surface area contributed by atoms with Gasteiger partial charge in [0.25, 0.3) is 0 Å². The first-order valence-corrected chi connectivity index (χ1v) is 6.64. The molecule has 0 saturated heterocycles. The summed E-state index contributed by atoms with van der Waals surface area (Å²) in [7, 11) is 1.81. The number of anilines is 1. The van der Waals surface area contributed by atoms with Crippen molar-refractivity contribution >= 4 is 11.5 Å². The van der Waals surface area contributed by atoms with Crippen LogP contribution in [0.5, 0.6) is 0 Å². The second-order valence-corrected chi connectivity index (χ2v) is 4.85. The lowest BCUT2D eigenvalue weighted by Crippen LogP contribution is -2.23. The molecule has 2 aromatic rings. The van der Waals surface area contributed by atoms with Crippen molar-refractivity contribution in [2.24, 2.45) is 0 Å². The number of hydrogen-bond donors (Lipinski definition) is 0. The summed E-state index contributed by atoms with van der Waals surface area (Å²) in [6.45, 7) is 2.12. The van der Waals surface area contributed by atoms with Gasteiger partial charge in [0, 0.05) is 19.2 Å². The maximum atomic E-state index is 14.0. The van der Waals surface area contributed by atoms with Crippen LogP contribution in [-0.2, 0) is 6.42 Å². The van der Waals surface area contributed by atoms with Crippen LogP contribution < -0.4 is 4.90 Å². The molecule has 2 nitrogen and oxygen atoms in total. The van der Waals surface area contributed by atoms with E-state index in [9.17, 15) is 9.18 Å². The fourth-order valence-electron chi connectivity index (χ4n) is 2.24. The molecular weight excluding hydrogens is 253 g/mol. The smallest absolute Gasteiger partial charge is 0.161 e. The third-order valence-electron chi connectivity index (χ3n) is 3.33. The zero-order valence-electron chi connectivity index (χ0n) is 11.8. The number of benzene rings is 2. The Balaban J connectivity index is 2.17. The maximum absolute atomic E-state index is 14.0. The number of para-hydroxylation sites is 1. The van der Waals surface area contributed by atoms with E-state index in [4.69, 9.17) is 0 Å². The normalized spacial score (nSPS) is 10.3. The van der Waals surface area contributed by atoms with Crippen molar-refractivity contribution in [3.63, 3.8) is 0 Å². The Labute approximate surface area is 118 Å². The predicted octanol–water partition coefficient (Wildman–Crippen LogP) is 3.71. The predicted molar refractivity (Wildman–Crippen MR) is 79.8 cm³/mol. The summed E-state index contributed by atoms with van der Waals surface area (Å²) in [6, 6.07) is 14.7. The van der Waals surface area contributed by atoms with Crippen molar-refractivity contribution < 1.29 is 9.18 Å². The minimum Gasteiger partial charge on any atom is -0.371 e. The third kappa shape index (κ3) is 3.23. The molecule has 2 rings (SSSR count). The summed E-state index contributed by atoms with van der Waals surface area (Å²) in [4.78, 5) is 13.4. The highest BCUT2D eigenvalue weighted by Gasteiger charge is 2.15. The van der Waals surface area contributed by atoms with Crippen LogP contribution in [0.1, 0.15) is 22.8 Å². The third-order valence-corrected chi connectivity index (χ3v) is 3.33. The molecule has 0 atom stereocenters. The standard InChI is InChI=1S/C17H18FNO/c1-13(20)15-9-6-10-16(18)17(15)19(2)12-11-14-7-4-3-5-8-14/h3-10H,11-12H2,1-2H3. The Morgan fingerprint density at radius 2 is 1.80 bits per heavy atom. The van der Waals surface area contributed by atoms with E-state index in [0.29, 0.717) is 17.8 Å². The van der Waals surface area contributed by atoms with E-state index in [0.717, 1.165) is 6.42 Å². The molecule has 0 aliphatic carbocycles. The number of ketones is 1. The topological polar surface area (TPSA) is 20.3 Å². The largest absolute Gasteiger partial charge is 0.371 e. The lowest BCUT2D eigenvalue weighted by atomic mass is 10.1. The average molecular weight is 271 g/mol. The van der Waals surface area contributed by atoms with Gasteiger partial charge >= 0.3 is 0 Å². The average Bonchev–Trinajstić information content (AvgIpc) is 2.45. The highest BCUT2D eigenvalue weighted by atomic mass is 19.1. The van der Waals surface area contributed by atoms with Crippen LogP contribution in [0.4, 0.5) is 10.1 Å². The molecule has 0 unspecified atom stereocenters. The lowest BCUT2D eigenvalue weighted by molar-refractivity contribution is 0.101. The van der Waals surface area contributed by atoms with E-state index < -0.39 is 0 Å². The van der Waals surface area contributed by atoms with Crippen molar-refractivity contribution in [3.05, 3.63) is 65.5 Å². The van der Waals surface area contributed by atoms with E-state index in [1.165, 1.54) is 18.6 Å². The minimum atomic E-state index is -0.353. The van der Waals surface area contributed by atoms with E-state index >= 15 is 0 Å². The van der Waals surface area contributed by atoms with Crippen LogP contribution in [0.2, 0.25) is 0 Å². The number of carbonyl (C=O) groups is 1. The van der Waals surface area contributed by atoms with Crippen molar-refractivity contribution in [2.75, 3.05) is 18.5 Å². The van der Waals surface area contributed by atoms with Gasteiger partial charge in [-0.05, 0) is 31.0 Å². The van der Waals surface area contributed by atoms with Crippen molar-refractivity contribution in [2.45, 2.75) is 13.3 Å². The number of carbonyl (C=O) groups excluding carboxylic acids is 1. The number of halogens is 1. The Morgan fingerprint density at radius 3 is 2.45 bits per heavy atom. The highest BCUT2D eigenvalue weighted by molar-refractivity contribution is 5.99. The quantitative estimate of drug-likeness (QED) is 0.773. The van der Waals surface area contributed by atoms with E-state index in [2.05, 4.69) is 0 Å². The number of likely N-dealkylation sites (N-methyl/N-ethyl adjacent to an activating group) is 1. The zero-order chi connectivity index (χ0) is 14.5. The van der Waals surface area contributed by atoms with Gasteiger partial charge in [-0.3, -0.25) is 4.79 Å². The number of rotatable bonds is 5. The molecule has 0 heterocycles. The molecule has 0 aromatic heterocycles. The first-order chi connectivity index (χ1) is 9.59. The fourth-order valence-corrected chi connectivity index (χ4v) is 2.24. The van der Waals surface area contributed by atoms with Gasteiger partial charge in [0.05, 0.1) is 5.69 Å². The van der Waals surface area contributed by atoms with Gasteiger partial charge in [-0.1, -0.05) is 36.4 Å². The Bertz CT molecular complexity index is 595. The summed E-state index contributed by atoms with van der Waals surface area (Å²) in [6.07, 6.45) is 0.809. The molecule has 0 saturated carbocycles. The number of nitrogens with zero attached hydrogens (tertiary/aromatic N) is 1. The number of Topliss-reactive ketones (excluding diaryl/α,β-unsaturated/α-hetero) is 1. The molecule has 0 N–H and O–H groups in total. The van der Waals surface area contributed by atoms with Gasteiger partial charge in [0.2, 0.25) is 0 Å². The molecule has 0 amide bonds. The summed E-state index contributed by atoms with van der Waals surface area (Å²) < 4.78 is 14.0. The highest BCUT2D eigenvalue weighted by Crippen LogP contribution is 2.24. The van der Waals surface area contributed by atoms with Crippen LogP contribution in [0, 0.1) is 5.82 Å². The molecule has 0 spiro atoms. The molecular formula is C17H18FNO. The summed E-state index contributed by atoms with van der Waals surface area (Å²) >= 11 is 0. The molecule has 0 radical (unpaired) electrons. The fraction of sp³-hybridized carbons (Fsp3) is 0.235. The first kappa shape index (κ1) is 14.3. The number of hydrogen-bond acceptors (Lipinski definition) is 2. The minimum absolute atomic E-state index is 0.119. The molecule has 0 bridgehead atoms. The van der Waals surface area contributed by atoms with Crippen LogP contribution in [0.25, 0.3) is 0 Å².